The normalized spacial score (nSPS) is 22.5. The minimum atomic E-state index is 0.272. The van der Waals surface area contributed by atoms with Gasteiger partial charge in [0.05, 0.1) is 0 Å². The maximum atomic E-state index is 9.10. The highest BCUT2D eigenvalue weighted by Crippen LogP contribution is 2.32. The molecular formula is C15H20N4. The van der Waals surface area contributed by atoms with Crippen molar-refractivity contribution in [2.45, 2.75) is 31.7 Å². The van der Waals surface area contributed by atoms with Crippen LogP contribution in [0.15, 0.2) is 22.9 Å². The summed E-state index contributed by atoms with van der Waals surface area (Å²) in [7, 11) is 3.95. The van der Waals surface area contributed by atoms with Gasteiger partial charge in [0, 0.05) is 45.0 Å². The van der Waals surface area contributed by atoms with E-state index in [0.717, 1.165) is 24.2 Å². The smallest absolute Gasteiger partial charge is 0.134 e. The number of likely N-dealkylation sites (tertiary alicyclic amines) is 1. The van der Waals surface area contributed by atoms with Crippen molar-refractivity contribution in [1.82, 2.24) is 9.80 Å². The predicted octanol–water partition coefficient (Wildman–Crippen LogP) is 2.03. The summed E-state index contributed by atoms with van der Waals surface area (Å²) in [6, 6.07) is 4.71. The molecule has 0 amide bonds. The lowest BCUT2D eigenvalue weighted by Crippen LogP contribution is -2.30. The van der Waals surface area contributed by atoms with Gasteiger partial charge >= 0.3 is 0 Å². The maximum Gasteiger partial charge on any atom is 0.134 e. The van der Waals surface area contributed by atoms with E-state index in [4.69, 9.17) is 10.5 Å². The second-order valence-corrected chi connectivity index (χ2v) is 5.54. The Labute approximate surface area is 115 Å². The number of nitriles is 2. The molecule has 1 aliphatic heterocycles. The first kappa shape index (κ1) is 13.6. The first-order chi connectivity index (χ1) is 9.15. The average molecular weight is 256 g/mol. The molecule has 0 radical (unpaired) electrons. The number of hydrogen-bond donors (Lipinski definition) is 0. The Hall–Kier alpha value is -1.78. The molecule has 100 valence electrons. The fourth-order valence-corrected chi connectivity index (χ4v) is 3.03. The molecule has 2 rings (SSSR count). The molecule has 0 aromatic rings. The van der Waals surface area contributed by atoms with Gasteiger partial charge in [-0.15, -0.1) is 0 Å². The van der Waals surface area contributed by atoms with Crippen LogP contribution in [0.1, 0.15) is 25.7 Å². The SMILES string of the molecule is CN(C)/C=C1/CN(C2CCCC2)CC1=C(C#N)C#N. The Kier molecular flexibility index (Phi) is 4.24. The summed E-state index contributed by atoms with van der Waals surface area (Å²) in [5, 5.41) is 18.2. The topological polar surface area (TPSA) is 54.1 Å². The van der Waals surface area contributed by atoms with Crippen molar-refractivity contribution < 1.29 is 0 Å². The van der Waals surface area contributed by atoms with Crippen LogP contribution in [0.4, 0.5) is 0 Å². The lowest BCUT2D eigenvalue weighted by molar-refractivity contribution is 0.258. The zero-order valence-electron chi connectivity index (χ0n) is 11.7. The third-order valence-corrected chi connectivity index (χ3v) is 3.90. The Morgan fingerprint density at radius 3 is 2.37 bits per heavy atom. The molecule has 2 aliphatic rings. The Morgan fingerprint density at radius 2 is 1.84 bits per heavy atom. The molecule has 19 heavy (non-hydrogen) atoms. The number of hydrogen-bond acceptors (Lipinski definition) is 4. The highest BCUT2D eigenvalue weighted by atomic mass is 15.2. The van der Waals surface area contributed by atoms with Crippen molar-refractivity contribution in [3.05, 3.63) is 22.9 Å². The van der Waals surface area contributed by atoms with Crippen LogP contribution >= 0.6 is 0 Å². The average Bonchev–Trinajstić information content (AvgIpc) is 3.00. The Morgan fingerprint density at radius 1 is 1.21 bits per heavy atom. The van der Waals surface area contributed by atoms with Crippen LogP contribution in [-0.4, -0.2) is 43.0 Å². The molecule has 0 aromatic heterocycles. The minimum Gasteiger partial charge on any atom is -0.383 e. The van der Waals surface area contributed by atoms with Gasteiger partial charge < -0.3 is 4.90 Å². The van der Waals surface area contributed by atoms with Crippen LogP contribution in [0.25, 0.3) is 0 Å². The summed E-state index contributed by atoms with van der Waals surface area (Å²) in [5.41, 5.74) is 2.31. The third kappa shape index (κ3) is 2.97. The van der Waals surface area contributed by atoms with E-state index in [2.05, 4.69) is 4.90 Å². The molecule has 1 heterocycles. The monoisotopic (exact) mass is 256 g/mol. The lowest BCUT2D eigenvalue weighted by Gasteiger charge is -2.22. The fourth-order valence-electron chi connectivity index (χ4n) is 3.03. The van der Waals surface area contributed by atoms with Crippen molar-refractivity contribution in [1.29, 1.82) is 10.5 Å². The zero-order chi connectivity index (χ0) is 13.8. The van der Waals surface area contributed by atoms with Gasteiger partial charge in [-0.3, -0.25) is 4.90 Å². The van der Waals surface area contributed by atoms with E-state index >= 15 is 0 Å². The van der Waals surface area contributed by atoms with Crippen molar-refractivity contribution in [3.63, 3.8) is 0 Å². The van der Waals surface area contributed by atoms with Crippen LogP contribution < -0.4 is 0 Å². The van der Waals surface area contributed by atoms with E-state index in [1.807, 2.05) is 37.3 Å². The minimum absolute atomic E-state index is 0.272. The van der Waals surface area contributed by atoms with E-state index in [-0.39, 0.29) is 5.57 Å². The van der Waals surface area contributed by atoms with Crippen LogP contribution in [0.3, 0.4) is 0 Å². The van der Waals surface area contributed by atoms with Gasteiger partial charge in [0.25, 0.3) is 0 Å². The Bertz CT molecular complexity index is 465. The van der Waals surface area contributed by atoms with Crippen LogP contribution in [0.2, 0.25) is 0 Å². The summed E-state index contributed by atoms with van der Waals surface area (Å²) in [4.78, 5) is 4.41. The number of allylic oxidation sites excluding steroid dienone is 1. The molecule has 4 heteroatoms. The van der Waals surface area contributed by atoms with Gasteiger partial charge in [0.1, 0.15) is 17.7 Å². The first-order valence-corrected chi connectivity index (χ1v) is 6.80. The van der Waals surface area contributed by atoms with E-state index < -0.39 is 0 Å². The van der Waals surface area contributed by atoms with Gasteiger partial charge in [0.15, 0.2) is 0 Å². The molecule has 0 atom stereocenters. The summed E-state index contributed by atoms with van der Waals surface area (Å²) in [6.45, 7) is 1.62. The second kappa shape index (κ2) is 5.91. The number of nitrogens with zero attached hydrogens (tertiary/aromatic N) is 4. The van der Waals surface area contributed by atoms with Crippen molar-refractivity contribution in [2.75, 3.05) is 27.2 Å². The van der Waals surface area contributed by atoms with E-state index in [9.17, 15) is 0 Å². The first-order valence-electron chi connectivity index (χ1n) is 6.80. The van der Waals surface area contributed by atoms with Crippen molar-refractivity contribution in [2.24, 2.45) is 0 Å². The quantitative estimate of drug-likeness (QED) is 0.709. The maximum absolute atomic E-state index is 9.10. The molecule has 0 bridgehead atoms. The molecule has 1 aliphatic carbocycles. The molecule has 0 N–H and O–H groups in total. The molecule has 0 spiro atoms. The van der Waals surface area contributed by atoms with E-state index in [1.54, 1.807) is 0 Å². The Balaban J connectivity index is 2.28. The van der Waals surface area contributed by atoms with Crippen molar-refractivity contribution >= 4 is 0 Å². The van der Waals surface area contributed by atoms with Crippen LogP contribution in [-0.2, 0) is 0 Å². The van der Waals surface area contributed by atoms with Gasteiger partial charge in [-0.25, -0.2) is 0 Å². The van der Waals surface area contributed by atoms with E-state index in [1.165, 1.54) is 25.7 Å². The summed E-state index contributed by atoms with van der Waals surface area (Å²) in [5.74, 6) is 0. The van der Waals surface area contributed by atoms with E-state index in [0.29, 0.717) is 6.04 Å². The standard InChI is InChI=1S/C15H20N4/c1-18(2)9-13-10-19(14-5-3-4-6-14)11-15(13)12(7-16)8-17/h9,14H,3-6,10-11H2,1-2H3/b13-9-. The summed E-state index contributed by atoms with van der Waals surface area (Å²) >= 11 is 0. The lowest BCUT2D eigenvalue weighted by atomic mass is 10.1. The van der Waals surface area contributed by atoms with Gasteiger partial charge in [-0.1, -0.05) is 12.8 Å². The molecule has 4 nitrogen and oxygen atoms in total. The molecule has 2 fully saturated rings. The largest absolute Gasteiger partial charge is 0.383 e. The van der Waals surface area contributed by atoms with Gasteiger partial charge in [-0.05, 0) is 18.4 Å². The van der Waals surface area contributed by atoms with Crippen molar-refractivity contribution in [3.8, 4) is 12.1 Å². The summed E-state index contributed by atoms with van der Waals surface area (Å²) < 4.78 is 0. The van der Waals surface area contributed by atoms with Gasteiger partial charge in [0.2, 0.25) is 0 Å². The van der Waals surface area contributed by atoms with Crippen LogP contribution in [0.5, 0.6) is 0 Å². The molecule has 1 saturated heterocycles. The third-order valence-electron chi connectivity index (χ3n) is 3.90. The molecule has 1 saturated carbocycles. The number of rotatable bonds is 2. The molecule has 0 unspecified atom stereocenters. The fraction of sp³-hybridized carbons (Fsp3) is 0.600. The zero-order valence-corrected chi connectivity index (χ0v) is 11.7. The summed E-state index contributed by atoms with van der Waals surface area (Å²) in [6.07, 6.45) is 7.14. The molecular weight excluding hydrogens is 236 g/mol. The van der Waals surface area contributed by atoms with Gasteiger partial charge in [-0.2, -0.15) is 10.5 Å². The second-order valence-electron chi connectivity index (χ2n) is 5.54. The highest BCUT2D eigenvalue weighted by Gasteiger charge is 2.31. The van der Waals surface area contributed by atoms with Crippen LogP contribution in [0, 0.1) is 22.7 Å². The molecule has 0 aromatic carbocycles. The highest BCUT2D eigenvalue weighted by molar-refractivity contribution is 5.52. The predicted molar refractivity (Wildman–Crippen MR) is 73.9 cm³/mol.